The van der Waals surface area contributed by atoms with Gasteiger partial charge in [0.2, 0.25) is 5.91 Å². The van der Waals surface area contributed by atoms with E-state index in [-0.39, 0.29) is 18.5 Å². The quantitative estimate of drug-likeness (QED) is 0.0320. The summed E-state index contributed by atoms with van der Waals surface area (Å²) in [5.41, 5.74) is 0. The van der Waals surface area contributed by atoms with Gasteiger partial charge in [-0.25, -0.2) is 0 Å². The van der Waals surface area contributed by atoms with Crippen LogP contribution in [0, 0.1) is 0 Å². The second-order valence-corrected chi connectivity index (χ2v) is 28.5. The molecule has 89 heavy (non-hydrogen) atoms. The number of allylic oxidation sites excluding steroid dienone is 4. The van der Waals surface area contributed by atoms with Gasteiger partial charge < -0.3 is 20.3 Å². The van der Waals surface area contributed by atoms with Crippen molar-refractivity contribution >= 4 is 11.9 Å². The molecule has 1 amide bonds. The van der Waals surface area contributed by atoms with Crippen LogP contribution < -0.4 is 5.32 Å². The Kier molecular flexibility index (Phi) is 77.3. The van der Waals surface area contributed by atoms with E-state index in [9.17, 15) is 19.8 Å². The topological polar surface area (TPSA) is 95.9 Å². The monoisotopic (exact) mass is 1250 g/mol. The molecule has 0 aromatic heterocycles. The van der Waals surface area contributed by atoms with Crippen LogP contribution in [0.25, 0.3) is 0 Å². The lowest BCUT2D eigenvalue weighted by Gasteiger charge is -2.22. The van der Waals surface area contributed by atoms with Crippen LogP contribution in [-0.4, -0.2) is 47.4 Å². The van der Waals surface area contributed by atoms with Gasteiger partial charge in [0, 0.05) is 12.8 Å². The summed E-state index contributed by atoms with van der Waals surface area (Å²) in [5, 5.41) is 23.5. The summed E-state index contributed by atoms with van der Waals surface area (Å²) in [6.45, 7) is 4.99. The van der Waals surface area contributed by atoms with Crippen LogP contribution in [0.2, 0.25) is 0 Å². The van der Waals surface area contributed by atoms with Gasteiger partial charge in [0.1, 0.15) is 0 Å². The number of nitrogens with one attached hydrogen (secondary N) is 1. The maximum absolute atomic E-state index is 12.6. The van der Waals surface area contributed by atoms with Crippen LogP contribution in [0.1, 0.15) is 470 Å². The molecule has 2 unspecified atom stereocenters. The fraction of sp³-hybridized carbons (Fsp3) is 0.928. The predicted molar refractivity (Wildman–Crippen MR) is 393 cm³/mol. The minimum atomic E-state index is -0.662. The van der Waals surface area contributed by atoms with Crippen molar-refractivity contribution in [3.05, 3.63) is 24.3 Å². The summed E-state index contributed by atoms with van der Waals surface area (Å²) in [7, 11) is 0. The number of aliphatic hydroxyl groups excluding tert-OH is 2. The van der Waals surface area contributed by atoms with Crippen molar-refractivity contribution in [3.8, 4) is 0 Å². The van der Waals surface area contributed by atoms with Crippen LogP contribution in [0.15, 0.2) is 24.3 Å². The van der Waals surface area contributed by atoms with Gasteiger partial charge in [-0.3, -0.25) is 9.59 Å². The Hall–Kier alpha value is -1.66. The summed E-state index contributed by atoms with van der Waals surface area (Å²) in [6.07, 6.45) is 101. The number of esters is 1. The maximum Gasteiger partial charge on any atom is 0.305 e. The molecule has 0 fully saturated rings. The lowest BCUT2D eigenvalue weighted by molar-refractivity contribution is -0.143. The first-order valence-corrected chi connectivity index (χ1v) is 41.1. The van der Waals surface area contributed by atoms with E-state index in [1.165, 1.54) is 392 Å². The van der Waals surface area contributed by atoms with Crippen molar-refractivity contribution in [2.45, 2.75) is 482 Å². The zero-order chi connectivity index (χ0) is 64.2. The van der Waals surface area contributed by atoms with Gasteiger partial charge in [-0.1, -0.05) is 404 Å². The molecule has 0 aliphatic carbocycles. The molecule has 0 aliphatic heterocycles. The molecule has 0 aromatic carbocycles. The standard InChI is InChI=1S/C83H161NO5/c1-3-5-7-9-11-13-15-17-19-20-21-39-42-45-48-51-55-59-63-67-71-75-81(86)80(79-85)84-82(87)76-72-68-64-60-56-52-49-46-43-40-37-35-33-31-29-27-25-23-22-24-26-28-30-32-34-36-38-41-44-47-50-54-58-62-66-70-74-78-89-83(88)77-73-69-65-61-57-53-18-16-14-12-10-8-6-4-2/h16,18,22,24,80-81,85-86H,3-15,17,19-21,23,25-79H2,1-2H3,(H,84,87)/b18-16-,24-22-. The molecule has 0 saturated heterocycles. The molecular formula is C83H161NO5. The summed E-state index contributed by atoms with van der Waals surface area (Å²) in [5.74, 6) is -0.0117. The third-order valence-electron chi connectivity index (χ3n) is 19.5. The lowest BCUT2D eigenvalue weighted by atomic mass is 10.0. The number of amides is 1. The fourth-order valence-electron chi connectivity index (χ4n) is 13.2. The molecule has 2 atom stereocenters. The predicted octanol–water partition coefficient (Wildman–Crippen LogP) is 27.2. The molecule has 0 aliphatic rings. The molecule has 6 heteroatoms. The Morgan fingerprint density at radius 1 is 0.303 bits per heavy atom. The minimum absolute atomic E-state index is 0.0138. The first kappa shape index (κ1) is 87.3. The number of unbranched alkanes of at least 4 members (excludes halogenated alkanes) is 63. The summed E-state index contributed by atoms with van der Waals surface area (Å²) < 4.78 is 5.49. The molecule has 0 saturated carbocycles. The average molecular weight is 1250 g/mol. The Morgan fingerprint density at radius 3 is 0.798 bits per heavy atom. The average Bonchev–Trinajstić information content (AvgIpc) is 3.60. The van der Waals surface area contributed by atoms with Gasteiger partial charge in [-0.05, 0) is 77.0 Å². The Morgan fingerprint density at radius 2 is 0.528 bits per heavy atom. The highest BCUT2D eigenvalue weighted by molar-refractivity contribution is 5.76. The van der Waals surface area contributed by atoms with E-state index in [0.717, 1.165) is 44.9 Å². The molecule has 0 bridgehead atoms. The highest BCUT2D eigenvalue weighted by Crippen LogP contribution is 2.20. The van der Waals surface area contributed by atoms with E-state index in [2.05, 4.69) is 43.5 Å². The summed E-state index contributed by atoms with van der Waals surface area (Å²) in [4.78, 5) is 24.6. The number of hydrogen-bond donors (Lipinski definition) is 3. The number of carbonyl (C=O) groups is 2. The van der Waals surface area contributed by atoms with Crippen LogP contribution >= 0.6 is 0 Å². The van der Waals surface area contributed by atoms with Crippen LogP contribution in [0.5, 0.6) is 0 Å². The van der Waals surface area contributed by atoms with Gasteiger partial charge in [0.25, 0.3) is 0 Å². The third-order valence-corrected chi connectivity index (χ3v) is 19.5. The molecule has 6 nitrogen and oxygen atoms in total. The van der Waals surface area contributed by atoms with Crippen LogP contribution in [0.3, 0.4) is 0 Å². The van der Waals surface area contributed by atoms with Gasteiger partial charge >= 0.3 is 5.97 Å². The highest BCUT2D eigenvalue weighted by atomic mass is 16.5. The normalized spacial score (nSPS) is 12.5. The largest absolute Gasteiger partial charge is 0.466 e. The van der Waals surface area contributed by atoms with Gasteiger partial charge in [-0.15, -0.1) is 0 Å². The van der Waals surface area contributed by atoms with Crippen molar-refractivity contribution in [2.75, 3.05) is 13.2 Å². The summed E-state index contributed by atoms with van der Waals surface area (Å²) in [6, 6.07) is -0.539. The van der Waals surface area contributed by atoms with Crippen LogP contribution in [-0.2, 0) is 14.3 Å². The zero-order valence-corrected chi connectivity index (χ0v) is 60.7. The first-order chi connectivity index (χ1) is 44.0. The molecule has 0 rings (SSSR count). The number of ether oxygens (including phenoxy) is 1. The van der Waals surface area contributed by atoms with E-state index < -0.39 is 12.1 Å². The highest BCUT2D eigenvalue weighted by Gasteiger charge is 2.20. The lowest BCUT2D eigenvalue weighted by Crippen LogP contribution is -2.45. The van der Waals surface area contributed by atoms with Crippen molar-refractivity contribution in [3.63, 3.8) is 0 Å². The molecule has 0 radical (unpaired) electrons. The third kappa shape index (κ3) is 75.3. The molecular weight excluding hydrogens is 1090 g/mol. The minimum Gasteiger partial charge on any atom is -0.466 e. The van der Waals surface area contributed by atoms with Gasteiger partial charge in [0.05, 0.1) is 25.4 Å². The SMILES string of the molecule is CCCCCCC/C=C\CCCCCCCC(=O)OCCCCCCCCCCCCCCCCCC/C=C\CCCCCCCCCCCCCCCCCCCC(=O)NC(CO)C(O)CCCCCCCCCCCCCCCCCCCCCCC. The molecule has 0 aromatic rings. The molecule has 0 heterocycles. The second kappa shape index (κ2) is 78.8. The molecule has 0 spiro atoms. The van der Waals surface area contributed by atoms with Crippen molar-refractivity contribution in [2.24, 2.45) is 0 Å². The first-order valence-electron chi connectivity index (χ1n) is 41.1. The van der Waals surface area contributed by atoms with E-state index in [0.29, 0.717) is 25.9 Å². The van der Waals surface area contributed by atoms with Gasteiger partial charge in [0.15, 0.2) is 0 Å². The Labute approximate surface area is 558 Å². The number of aliphatic hydroxyl groups is 2. The van der Waals surface area contributed by atoms with Crippen molar-refractivity contribution in [1.29, 1.82) is 0 Å². The van der Waals surface area contributed by atoms with E-state index in [1.807, 2.05) is 0 Å². The van der Waals surface area contributed by atoms with E-state index in [4.69, 9.17) is 4.74 Å². The van der Waals surface area contributed by atoms with Crippen molar-refractivity contribution in [1.82, 2.24) is 5.32 Å². The Balaban J connectivity index is 3.33. The number of rotatable bonds is 78. The van der Waals surface area contributed by atoms with Crippen LogP contribution in [0.4, 0.5) is 0 Å². The summed E-state index contributed by atoms with van der Waals surface area (Å²) >= 11 is 0. The number of carbonyl (C=O) groups excluding carboxylic acids is 2. The maximum atomic E-state index is 12.6. The molecule has 528 valence electrons. The smallest absolute Gasteiger partial charge is 0.305 e. The van der Waals surface area contributed by atoms with Gasteiger partial charge in [-0.2, -0.15) is 0 Å². The molecule has 3 N–H and O–H groups in total. The zero-order valence-electron chi connectivity index (χ0n) is 60.7. The fourth-order valence-corrected chi connectivity index (χ4v) is 13.2. The Bertz CT molecular complexity index is 1400. The van der Waals surface area contributed by atoms with E-state index >= 15 is 0 Å². The van der Waals surface area contributed by atoms with Crippen molar-refractivity contribution < 1.29 is 24.5 Å². The second-order valence-electron chi connectivity index (χ2n) is 28.5. The van der Waals surface area contributed by atoms with E-state index in [1.54, 1.807) is 0 Å². The number of hydrogen-bond acceptors (Lipinski definition) is 5.